The van der Waals surface area contributed by atoms with E-state index in [0.29, 0.717) is 6.42 Å². The lowest BCUT2D eigenvalue weighted by Crippen LogP contribution is -2.13. The Kier molecular flexibility index (Phi) is 4.23. The average Bonchev–Trinajstić information content (AvgIpc) is 2.67. The lowest BCUT2D eigenvalue weighted by Gasteiger charge is -2.08. The highest BCUT2D eigenvalue weighted by molar-refractivity contribution is 5.70. The number of hydrogen-bond donors (Lipinski definition) is 1. The molecule has 106 valence electrons. The predicted octanol–water partition coefficient (Wildman–Crippen LogP) is 2.81. The summed E-state index contributed by atoms with van der Waals surface area (Å²) in [7, 11) is 0. The maximum Gasteiger partial charge on any atom is 0.306 e. The molecule has 0 amide bonds. The summed E-state index contributed by atoms with van der Waals surface area (Å²) in [6, 6.07) is 10.1. The molecule has 0 saturated carbocycles. The fraction of sp³-hybridized carbons (Fsp3) is 0.375. The van der Waals surface area contributed by atoms with E-state index in [2.05, 4.69) is 17.2 Å². The van der Waals surface area contributed by atoms with Gasteiger partial charge in [-0.05, 0) is 31.4 Å². The van der Waals surface area contributed by atoms with E-state index in [9.17, 15) is 4.79 Å². The van der Waals surface area contributed by atoms with E-state index in [1.165, 1.54) is 5.56 Å². The van der Waals surface area contributed by atoms with E-state index in [4.69, 9.17) is 5.11 Å². The summed E-state index contributed by atoms with van der Waals surface area (Å²) in [5.74, 6) is -1.15. The molecule has 2 aromatic rings. The van der Waals surface area contributed by atoms with Gasteiger partial charge in [0.25, 0.3) is 0 Å². The van der Waals surface area contributed by atoms with Crippen LogP contribution in [0.1, 0.15) is 29.4 Å². The van der Waals surface area contributed by atoms with Crippen molar-refractivity contribution >= 4 is 5.97 Å². The molecule has 1 atom stereocenters. The van der Waals surface area contributed by atoms with E-state index in [1.807, 2.05) is 36.7 Å². The van der Waals surface area contributed by atoms with Gasteiger partial charge in [0.05, 0.1) is 18.2 Å². The van der Waals surface area contributed by atoms with Crippen LogP contribution in [-0.2, 0) is 17.8 Å². The second-order valence-electron chi connectivity index (χ2n) is 5.24. The first-order valence-electron chi connectivity index (χ1n) is 6.78. The van der Waals surface area contributed by atoms with Gasteiger partial charge in [0, 0.05) is 5.69 Å². The van der Waals surface area contributed by atoms with E-state index < -0.39 is 5.97 Å². The highest BCUT2D eigenvalue weighted by Crippen LogP contribution is 2.18. The molecule has 20 heavy (non-hydrogen) atoms. The fourth-order valence-corrected chi connectivity index (χ4v) is 2.33. The first-order chi connectivity index (χ1) is 9.49. The van der Waals surface area contributed by atoms with Crippen molar-refractivity contribution in [1.29, 1.82) is 0 Å². The standard InChI is InChI=1S/C16H20N2O2/c1-11(16(19)20)9-15-12(2)17-18(13(15)3)10-14-7-5-4-6-8-14/h4-8,11H,9-10H2,1-3H3,(H,19,20). The lowest BCUT2D eigenvalue weighted by atomic mass is 10.00. The third-order valence-corrected chi connectivity index (χ3v) is 3.64. The Morgan fingerprint density at radius 2 is 1.95 bits per heavy atom. The molecule has 2 rings (SSSR count). The number of hydrogen-bond acceptors (Lipinski definition) is 2. The maximum atomic E-state index is 11.0. The first-order valence-corrected chi connectivity index (χ1v) is 6.78. The Morgan fingerprint density at radius 3 is 2.55 bits per heavy atom. The van der Waals surface area contributed by atoms with Crippen molar-refractivity contribution in [2.24, 2.45) is 5.92 Å². The Hall–Kier alpha value is -2.10. The van der Waals surface area contributed by atoms with Gasteiger partial charge < -0.3 is 5.11 Å². The van der Waals surface area contributed by atoms with Gasteiger partial charge in [-0.2, -0.15) is 5.10 Å². The Bertz CT molecular complexity index is 602. The van der Waals surface area contributed by atoms with Gasteiger partial charge in [0.1, 0.15) is 0 Å². The van der Waals surface area contributed by atoms with Crippen molar-refractivity contribution in [3.8, 4) is 0 Å². The molecule has 1 aromatic carbocycles. The van der Waals surface area contributed by atoms with E-state index in [0.717, 1.165) is 23.5 Å². The number of carbonyl (C=O) groups is 1. The molecule has 0 aliphatic carbocycles. The minimum atomic E-state index is -0.764. The van der Waals surface area contributed by atoms with Gasteiger partial charge >= 0.3 is 5.97 Å². The zero-order valence-corrected chi connectivity index (χ0v) is 12.1. The van der Waals surface area contributed by atoms with Crippen LogP contribution in [0.3, 0.4) is 0 Å². The Labute approximate surface area is 119 Å². The van der Waals surface area contributed by atoms with Gasteiger partial charge in [-0.15, -0.1) is 0 Å². The maximum absolute atomic E-state index is 11.0. The second kappa shape index (κ2) is 5.90. The summed E-state index contributed by atoms with van der Waals surface area (Å²) < 4.78 is 1.95. The minimum absolute atomic E-state index is 0.387. The van der Waals surface area contributed by atoms with Gasteiger partial charge in [0.15, 0.2) is 0 Å². The number of carboxylic acid groups (broad SMARTS) is 1. The molecule has 1 aromatic heterocycles. The van der Waals surface area contributed by atoms with Crippen LogP contribution in [0.5, 0.6) is 0 Å². The van der Waals surface area contributed by atoms with Crippen molar-refractivity contribution in [3.63, 3.8) is 0 Å². The highest BCUT2D eigenvalue weighted by atomic mass is 16.4. The summed E-state index contributed by atoms with van der Waals surface area (Å²) in [6.07, 6.45) is 0.530. The smallest absolute Gasteiger partial charge is 0.306 e. The molecule has 0 aliphatic rings. The van der Waals surface area contributed by atoms with E-state index >= 15 is 0 Å². The van der Waals surface area contributed by atoms with E-state index in [-0.39, 0.29) is 5.92 Å². The molecular formula is C16H20N2O2. The molecule has 0 radical (unpaired) electrons. The first kappa shape index (κ1) is 14.3. The van der Waals surface area contributed by atoms with Crippen LogP contribution in [0.2, 0.25) is 0 Å². The zero-order chi connectivity index (χ0) is 14.7. The van der Waals surface area contributed by atoms with Crippen LogP contribution < -0.4 is 0 Å². The lowest BCUT2D eigenvalue weighted by molar-refractivity contribution is -0.141. The molecule has 0 bridgehead atoms. The predicted molar refractivity (Wildman–Crippen MR) is 77.7 cm³/mol. The molecule has 4 nitrogen and oxygen atoms in total. The van der Waals surface area contributed by atoms with Crippen molar-refractivity contribution in [3.05, 3.63) is 52.8 Å². The molecule has 1 unspecified atom stereocenters. The second-order valence-corrected chi connectivity index (χ2v) is 5.24. The van der Waals surface area contributed by atoms with Gasteiger partial charge in [0.2, 0.25) is 0 Å². The number of nitrogens with zero attached hydrogens (tertiary/aromatic N) is 2. The van der Waals surface area contributed by atoms with Crippen LogP contribution in [-0.4, -0.2) is 20.9 Å². The molecular weight excluding hydrogens is 252 g/mol. The summed E-state index contributed by atoms with van der Waals surface area (Å²) in [4.78, 5) is 11.0. The fourth-order valence-electron chi connectivity index (χ4n) is 2.33. The summed E-state index contributed by atoms with van der Waals surface area (Å²) in [5.41, 5.74) is 4.22. The molecule has 0 fully saturated rings. The number of aryl methyl sites for hydroxylation is 1. The summed E-state index contributed by atoms with van der Waals surface area (Å²) in [5, 5.41) is 13.6. The SMILES string of the molecule is Cc1nn(Cc2ccccc2)c(C)c1CC(C)C(=O)O. The third kappa shape index (κ3) is 3.07. The quantitative estimate of drug-likeness (QED) is 0.910. The van der Waals surface area contributed by atoms with Crippen LogP contribution in [0.15, 0.2) is 30.3 Å². The summed E-state index contributed by atoms with van der Waals surface area (Å²) >= 11 is 0. The zero-order valence-electron chi connectivity index (χ0n) is 12.1. The summed E-state index contributed by atoms with van der Waals surface area (Å²) in [6.45, 7) is 6.40. The average molecular weight is 272 g/mol. The number of rotatable bonds is 5. The topological polar surface area (TPSA) is 55.1 Å². The monoisotopic (exact) mass is 272 g/mol. The molecule has 0 spiro atoms. The van der Waals surface area contributed by atoms with E-state index in [1.54, 1.807) is 6.92 Å². The Balaban J connectivity index is 2.22. The molecule has 0 aliphatic heterocycles. The van der Waals surface area contributed by atoms with Gasteiger partial charge in [-0.1, -0.05) is 37.3 Å². The minimum Gasteiger partial charge on any atom is -0.481 e. The van der Waals surface area contributed by atoms with Crippen molar-refractivity contribution in [2.45, 2.75) is 33.7 Å². The van der Waals surface area contributed by atoms with Crippen molar-refractivity contribution in [2.75, 3.05) is 0 Å². The number of carboxylic acids is 1. The molecule has 1 N–H and O–H groups in total. The number of aromatic nitrogens is 2. The van der Waals surface area contributed by atoms with Gasteiger partial charge in [-0.25, -0.2) is 0 Å². The number of aliphatic carboxylic acids is 1. The Morgan fingerprint density at radius 1 is 1.30 bits per heavy atom. The van der Waals surface area contributed by atoms with Gasteiger partial charge in [-0.3, -0.25) is 9.48 Å². The van der Waals surface area contributed by atoms with Crippen LogP contribution in [0.4, 0.5) is 0 Å². The van der Waals surface area contributed by atoms with Crippen LogP contribution in [0.25, 0.3) is 0 Å². The van der Waals surface area contributed by atoms with Crippen molar-refractivity contribution in [1.82, 2.24) is 9.78 Å². The molecule has 1 heterocycles. The highest BCUT2D eigenvalue weighted by Gasteiger charge is 2.18. The van der Waals surface area contributed by atoms with Crippen LogP contribution >= 0.6 is 0 Å². The normalized spacial score (nSPS) is 12.3. The molecule has 0 saturated heterocycles. The molecule has 4 heteroatoms. The third-order valence-electron chi connectivity index (χ3n) is 3.64. The number of benzene rings is 1. The van der Waals surface area contributed by atoms with Crippen LogP contribution in [0, 0.1) is 19.8 Å². The van der Waals surface area contributed by atoms with Crippen molar-refractivity contribution < 1.29 is 9.90 Å². The largest absolute Gasteiger partial charge is 0.481 e.